The Morgan fingerprint density at radius 3 is 0.904 bits per heavy atom. The number of aromatic nitrogens is 3. The smallest absolute Gasteiger partial charge is 0.252 e. The summed E-state index contributed by atoms with van der Waals surface area (Å²) in [6.45, 7) is -0.299. The van der Waals surface area contributed by atoms with Gasteiger partial charge in [-0.2, -0.15) is 0 Å². The van der Waals surface area contributed by atoms with Crippen molar-refractivity contribution in [3.8, 4) is 61.6 Å². The molecule has 0 bridgehead atoms. The van der Waals surface area contributed by atoms with Crippen LogP contribution in [0.2, 0.25) is 0 Å². The molecule has 0 radical (unpaired) electrons. The molecule has 0 N–H and O–H groups in total. The predicted molar refractivity (Wildman–Crippen MR) is 401 cm³/mol. The molecule has 4 heteroatoms. The molecule has 3 nitrogen and oxygen atoms in total. The highest BCUT2D eigenvalue weighted by Gasteiger charge is 2.41. The number of hydrogen-bond acceptors (Lipinski definition) is 0. The van der Waals surface area contributed by atoms with Crippen LogP contribution in [0.4, 0.5) is 0 Å². The zero-order chi connectivity index (χ0) is 61.5. The quantitative estimate of drug-likeness (QED) is 0.153. The minimum atomic E-state index is -0.299. The summed E-state index contributed by atoms with van der Waals surface area (Å²) in [4.78, 5) is 0. The normalized spacial score (nSPS) is 12.2. The summed E-state index contributed by atoms with van der Waals surface area (Å²) < 4.78 is 7.99. The van der Waals surface area contributed by atoms with Crippen molar-refractivity contribution in [2.45, 2.75) is 0 Å². The first-order valence-corrected chi connectivity index (χ1v) is 32.7. The van der Waals surface area contributed by atoms with E-state index in [0.717, 1.165) is 50.3 Å². The van der Waals surface area contributed by atoms with Crippen molar-refractivity contribution in [2.24, 2.45) is 0 Å². The Bertz CT molecular complexity index is 6010. The van der Waals surface area contributed by atoms with Gasteiger partial charge in [-0.25, -0.2) is 0 Å². The van der Waals surface area contributed by atoms with E-state index in [1.54, 1.807) is 0 Å². The van der Waals surface area contributed by atoms with E-state index in [2.05, 4.69) is 353 Å². The first-order valence-electron chi connectivity index (χ1n) is 32.7. The van der Waals surface area contributed by atoms with Crippen LogP contribution in [0.15, 0.2) is 340 Å². The van der Waals surface area contributed by atoms with E-state index in [0.29, 0.717) is 0 Å². The lowest BCUT2D eigenvalue weighted by molar-refractivity contribution is 1.10. The first kappa shape index (κ1) is 52.5. The van der Waals surface area contributed by atoms with Crippen LogP contribution >= 0.6 is 0 Å². The molecule has 2 aliphatic heterocycles. The van der Waals surface area contributed by atoms with Crippen LogP contribution in [-0.2, 0) is 0 Å². The maximum absolute atomic E-state index is 2.72. The van der Waals surface area contributed by atoms with Crippen molar-refractivity contribution in [2.75, 3.05) is 0 Å². The van der Waals surface area contributed by atoms with Crippen molar-refractivity contribution in [1.82, 2.24) is 13.7 Å². The molecule has 5 heterocycles. The average Bonchev–Trinajstić information content (AvgIpc) is 1.02. The maximum atomic E-state index is 2.72. The minimum absolute atomic E-state index is 0.299. The van der Waals surface area contributed by atoms with Gasteiger partial charge < -0.3 is 13.7 Å². The standard InChI is InChI=1S/C90H56BN3/c1-5-27-57(28-6-1)61-51-76-70-39-15-13-35-66(70)68-37-17-19-43-74(68)86-64(59-31-9-3-10-32-59)45-25-49-82(86)93-84-55-63(92-80-47-23-21-41-72(80)73-42-22-24-48-81(73)92)56-85-88(84)91(78(53-61)89(76)93)79-54-62(58-29-7-2-8-30-58)52-77-71-40-16-14-36-67(71)69-38-18-20-44-75(69)87-65(60-33-11-4-12-34-60)46-26-50-83(87)94(85)90(77)79/h1-56H. The number of benzene rings is 15. The predicted octanol–water partition coefficient (Wildman–Crippen LogP) is 21.7. The van der Waals surface area contributed by atoms with E-state index in [1.165, 1.54) is 136 Å². The maximum Gasteiger partial charge on any atom is 0.252 e. The molecule has 0 saturated carbocycles. The van der Waals surface area contributed by atoms with E-state index in [4.69, 9.17) is 0 Å². The largest absolute Gasteiger partial charge is 0.310 e. The second-order valence-corrected chi connectivity index (χ2v) is 25.3. The lowest BCUT2D eigenvalue weighted by Gasteiger charge is -2.37. The Balaban J connectivity index is 1.13. The van der Waals surface area contributed by atoms with Gasteiger partial charge in [-0.1, -0.05) is 291 Å². The summed E-state index contributed by atoms with van der Waals surface area (Å²) in [5.41, 5.74) is 23.3. The number of para-hydroxylation sites is 2. The van der Waals surface area contributed by atoms with Gasteiger partial charge in [0.15, 0.2) is 0 Å². The van der Waals surface area contributed by atoms with Crippen LogP contribution in [0.1, 0.15) is 0 Å². The van der Waals surface area contributed by atoms with Crippen molar-refractivity contribution in [3.63, 3.8) is 0 Å². The molecule has 0 unspecified atom stereocenters. The van der Waals surface area contributed by atoms with E-state index < -0.39 is 0 Å². The van der Waals surface area contributed by atoms with Crippen LogP contribution in [0, 0.1) is 0 Å². The van der Waals surface area contributed by atoms with Gasteiger partial charge in [0.2, 0.25) is 0 Å². The van der Waals surface area contributed by atoms with E-state index in [-0.39, 0.29) is 6.71 Å². The van der Waals surface area contributed by atoms with Crippen LogP contribution < -0.4 is 16.4 Å². The summed E-state index contributed by atoms with van der Waals surface area (Å²) in [7, 11) is 0. The fraction of sp³-hybridized carbons (Fsp3) is 0. The lowest BCUT2D eigenvalue weighted by atomic mass is 9.34. The molecule has 0 fully saturated rings. The van der Waals surface area contributed by atoms with Crippen molar-refractivity contribution >= 4 is 132 Å². The monoisotopic (exact) mass is 1190 g/mol. The summed E-state index contributed by atoms with van der Waals surface area (Å²) in [6, 6.07) is 128. The van der Waals surface area contributed by atoms with Crippen molar-refractivity contribution in [1.29, 1.82) is 0 Å². The van der Waals surface area contributed by atoms with Crippen LogP contribution in [0.25, 0.3) is 170 Å². The molecule has 0 aliphatic carbocycles. The molecule has 3 aromatic heterocycles. The lowest BCUT2D eigenvalue weighted by Crippen LogP contribution is -2.60. The Labute approximate surface area is 543 Å². The molecule has 20 rings (SSSR count). The van der Waals surface area contributed by atoms with Crippen molar-refractivity contribution < 1.29 is 0 Å². The van der Waals surface area contributed by atoms with Gasteiger partial charge >= 0.3 is 0 Å². The Morgan fingerprint density at radius 2 is 0.511 bits per heavy atom. The highest BCUT2D eigenvalue weighted by atomic mass is 15.1. The molecule has 0 saturated heterocycles. The topological polar surface area (TPSA) is 14.8 Å². The summed E-state index contributed by atoms with van der Waals surface area (Å²) >= 11 is 0. The molecule has 2 aliphatic rings. The zero-order valence-electron chi connectivity index (χ0n) is 51.3. The Hall–Kier alpha value is -12.2. The van der Waals surface area contributed by atoms with E-state index in [9.17, 15) is 0 Å². The molecular weight excluding hydrogens is 1130 g/mol. The van der Waals surface area contributed by atoms with Gasteiger partial charge in [-0.3, -0.25) is 0 Å². The SMILES string of the molecule is c1ccc(-c2cc3c4c(c2)c2ccccc2c2ccccc2c2c(-c5ccccc5)cccc2n4-c2cc(-n4c5ccccc5c5ccccc54)cc4c2B3c2cc(-c3ccccc3)cc3c5ccccc5c5ccccc5c5c(-c6ccccc6)cccc5n-4c23)cc1. The number of rotatable bonds is 5. The second-order valence-electron chi connectivity index (χ2n) is 25.3. The highest BCUT2D eigenvalue weighted by molar-refractivity contribution is 7.00. The van der Waals surface area contributed by atoms with Gasteiger partial charge in [0.05, 0.1) is 27.8 Å². The van der Waals surface area contributed by atoms with Gasteiger partial charge in [0.1, 0.15) is 0 Å². The van der Waals surface area contributed by atoms with Gasteiger partial charge in [-0.05, 0) is 153 Å². The molecule has 434 valence electrons. The van der Waals surface area contributed by atoms with E-state index >= 15 is 0 Å². The number of nitrogens with zero attached hydrogens (tertiary/aromatic N) is 3. The highest BCUT2D eigenvalue weighted by Crippen LogP contribution is 2.46. The minimum Gasteiger partial charge on any atom is -0.310 e. The fourth-order valence-corrected chi connectivity index (χ4v) is 16.6. The third kappa shape index (κ3) is 7.68. The zero-order valence-corrected chi connectivity index (χ0v) is 51.3. The van der Waals surface area contributed by atoms with Gasteiger partial charge in [-0.15, -0.1) is 0 Å². The molecule has 15 aromatic carbocycles. The van der Waals surface area contributed by atoms with Crippen molar-refractivity contribution in [3.05, 3.63) is 340 Å². The third-order valence-corrected chi connectivity index (χ3v) is 20.4. The molecule has 94 heavy (non-hydrogen) atoms. The van der Waals surface area contributed by atoms with Crippen LogP contribution in [-0.4, -0.2) is 20.4 Å². The Kier molecular flexibility index (Phi) is 11.5. The van der Waals surface area contributed by atoms with Crippen LogP contribution in [0.5, 0.6) is 0 Å². The average molecular weight is 1190 g/mol. The summed E-state index contributed by atoms with van der Waals surface area (Å²) in [6.07, 6.45) is 0. The second kappa shape index (κ2) is 20.6. The van der Waals surface area contributed by atoms with Crippen LogP contribution in [0.3, 0.4) is 0 Å². The molecule has 0 amide bonds. The first-order chi connectivity index (χ1) is 46.7. The molecular formula is C90H56BN3. The number of fused-ring (bicyclic) bond motifs is 21. The van der Waals surface area contributed by atoms with E-state index in [1.807, 2.05) is 0 Å². The van der Waals surface area contributed by atoms with Gasteiger partial charge in [0, 0.05) is 54.7 Å². The Morgan fingerprint density at radius 1 is 0.202 bits per heavy atom. The fourth-order valence-electron chi connectivity index (χ4n) is 16.6. The molecule has 18 aromatic rings. The summed E-state index contributed by atoms with van der Waals surface area (Å²) in [5, 5.41) is 16.6. The van der Waals surface area contributed by atoms with Gasteiger partial charge in [0.25, 0.3) is 6.71 Å². The molecule has 0 spiro atoms. The summed E-state index contributed by atoms with van der Waals surface area (Å²) in [5.74, 6) is 0. The number of hydrogen-bond donors (Lipinski definition) is 0. The molecule has 0 atom stereocenters. The third-order valence-electron chi connectivity index (χ3n) is 20.4.